The van der Waals surface area contributed by atoms with Crippen LogP contribution in [0.5, 0.6) is 11.5 Å². The van der Waals surface area contributed by atoms with E-state index in [9.17, 15) is 9.59 Å². The Kier molecular flexibility index (Phi) is 9.66. The zero-order chi connectivity index (χ0) is 35.2. The average molecular weight is 675 g/mol. The summed E-state index contributed by atoms with van der Waals surface area (Å²) in [7, 11) is 0. The minimum atomic E-state index is -0.918. The lowest BCUT2D eigenvalue weighted by Gasteiger charge is -2.34. The number of hydrogen-bond donors (Lipinski definition) is 2. The molecule has 1 aliphatic rings. The van der Waals surface area contributed by atoms with Gasteiger partial charge in [0.1, 0.15) is 11.5 Å². The van der Waals surface area contributed by atoms with Gasteiger partial charge in [-0.2, -0.15) is 0 Å². The number of rotatable bonds is 14. The summed E-state index contributed by atoms with van der Waals surface area (Å²) in [6.45, 7) is 1.10. The Balaban J connectivity index is 1.08. The van der Waals surface area contributed by atoms with Gasteiger partial charge in [-0.3, -0.25) is 0 Å². The Labute approximate surface area is 297 Å². The number of carbonyl (C=O) groups is 2. The van der Waals surface area contributed by atoms with Crippen LogP contribution in [-0.4, -0.2) is 35.4 Å². The number of ether oxygens (including phenoxy) is 2. The minimum absolute atomic E-state index is 0.292. The number of aryl methyl sites for hydroxylation is 2. The molecule has 7 rings (SSSR count). The third kappa shape index (κ3) is 6.86. The van der Waals surface area contributed by atoms with E-state index in [1.54, 1.807) is 24.3 Å². The van der Waals surface area contributed by atoms with Gasteiger partial charge in [-0.1, -0.05) is 97.1 Å². The van der Waals surface area contributed by atoms with Crippen molar-refractivity contribution < 1.29 is 29.3 Å². The molecule has 254 valence electrons. The molecule has 6 aromatic rings. The minimum Gasteiger partial charge on any atom is -0.494 e. The molecule has 51 heavy (non-hydrogen) atoms. The quantitative estimate of drug-likeness (QED) is 0.112. The third-order valence-corrected chi connectivity index (χ3v) is 9.69. The van der Waals surface area contributed by atoms with Crippen molar-refractivity contribution in [3.8, 4) is 22.6 Å². The summed E-state index contributed by atoms with van der Waals surface area (Å²) < 4.78 is 12.3. The van der Waals surface area contributed by atoms with Gasteiger partial charge < -0.3 is 19.7 Å². The van der Waals surface area contributed by atoms with Crippen LogP contribution in [0.3, 0.4) is 0 Å². The first-order valence-electron chi connectivity index (χ1n) is 17.2. The second-order valence-electron chi connectivity index (χ2n) is 12.8. The molecule has 1 aliphatic carbocycles. The molecule has 0 bridgehead atoms. The first-order chi connectivity index (χ1) is 24.9. The molecular weight excluding hydrogens is 636 g/mol. The van der Waals surface area contributed by atoms with Crippen molar-refractivity contribution in [1.82, 2.24) is 0 Å². The van der Waals surface area contributed by atoms with Crippen molar-refractivity contribution in [3.63, 3.8) is 0 Å². The molecule has 2 N–H and O–H groups in total. The van der Waals surface area contributed by atoms with Crippen LogP contribution < -0.4 is 9.47 Å². The molecule has 0 atom stereocenters. The molecule has 0 unspecified atom stereocenters. The Morgan fingerprint density at radius 2 is 0.843 bits per heavy atom. The van der Waals surface area contributed by atoms with Gasteiger partial charge in [0.15, 0.2) is 0 Å². The molecule has 0 spiro atoms. The van der Waals surface area contributed by atoms with Gasteiger partial charge in [-0.05, 0) is 119 Å². The summed E-state index contributed by atoms with van der Waals surface area (Å²) in [6.07, 6.45) is 3.23. The van der Waals surface area contributed by atoms with Crippen molar-refractivity contribution in [1.29, 1.82) is 0 Å². The van der Waals surface area contributed by atoms with Gasteiger partial charge in [-0.25, -0.2) is 9.59 Å². The largest absolute Gasteiger partial charge is 0.494 e. The lowest BCUT2D eigenvalue weighted by Crippen LogP contribution is -2.28. The maximum absolute atomic E-state index is 11.1. The van der Waals surface area contributed by atoms with E-state index in [1.165, 1.54) is 22.3 Å². The van der Waals surface area contributed by atoms with Gasteiger partial charge >= 0.3 is 11.9 Å². The lowest BCUT2D eigenvalue weighted by molar-refractivity contribution is 0.0686. The number of hydrogen-bond acceptors (Lipinski definition) is 4. The van der Waals surface area contributed by atoms with E-state index in [0.717, 1.165) is 59.4 Å². The van der Waals surface area contributed by atoms with Crippen molar-refractivity contribution in [2.75, 3.05) is 13.2 Å². The molecule has 0 aliphatic heterocycles. The zero-order valence-corrected chi connectivity index (χ0v) is 28.1. The molecule has 0 fully saturated rings. The summed E-state index contributed by atoms with van der Waals surface area (Å²) in [5.74, 6) is -0.233. The Morgan fingerprint density at radius 1 is 0.471 bits per heavy atom. The van der Waals surface area contributed by atoms with Crippen LogP contribution in [0.15, 0.2) is 146 Å². The second kappa shape index (κ2) is 14.8. The summed E-state index contributed by atoms with van der Waals surface area (Å²) in [4.78, 5) is 22.3. The SMILES string of the molecule is O=C(O)c1ccc(CCCOc2ccc(C3(c4ccc(OCCCc5ccc(C(=O)O)cc5)cc4)c4ccccc4-c4ccccc43)cc2)cc1. The van der Waals surface area contributed by atoms with E-state index in [4.69, 9.17) is 19.7 Å². The van der Waals surface area contributed by atoms with Crippen LogP contribution >= 0.6 is 0 Å². The number of carboxylic acids is 2. The molecule has 0 heterocycles. The molecule has 6 aromatic carbocycles. The predicted molar refractivity (Wildman–Crippen MR) is 198 cm³/mol. The molecule has 0 saturated heterocycles. The highest BCUT2D eigenvalue weighted by Crippen LogP contribution is 2.56. The van der Waals surface area contributed by atoms with E-state index in [-0.39, 0.29) is 0 Å². The molecule has 0 amide bonds. The summed E-state index contributed by atoms with van der Waals surface area (Å²) in [6, 6.07) is 48.2. The van der Waals surface area contributed by atoms with Gasteiger partial charge in [0, 0.05) is 0 Å². The van der Waals surface area contributed by atoms with E-state index >= 15 is 0 Å². The lowest BCUT2D eigenvalue weighted by atomic mass is 9.68. The van der Waals surface area contributed by atoms with Crippen LogP contribution in [0.2, 0.25) is 0 Å². The molecular formula is C45H38O6. The number of aromatic carboxylic acids is 2. The number of fused-ring (bicyclic) bond motifs is 3. The smallest absolute Gasteiger partial charge is 0.335 e. The fraction of sp³-hybridized carbons (Fsp3) is 0.156. The van der Waals surface area contributed by atoms with Crippen LogP contribution in [0.4, 0.5) is 0 Å². The number of benzene rings is 6. The van der Waals surface area contributed by atoms with E-state index in [1.807, 2.05) is 24.3 Å². The van der Waals surface area contributed by atoms with Gasteiger partial charge in [-0.15, -0.1) is 0 Å². The Morgan fingerprint density at radius 3 is 1.22 bits per heavy atom. The molecule has 6 heteroatoms. The third-order valence-electron chi connectivity index (χ3n) is 9.69. The first-order valence-corrected chi connectivity index (χ1v) is 17.2. The first kappa shape index (κ1) is 33.4. The summed E-state index contributed by atoms with van der Waals surface area (Å²) in [5, 5.41) is 18.3. The van der Waals surface area contributed by atoms with Crippen molar-refractivity contribution in [2.24, 2.45) is 0 Å². The maximum Gasteiger partial charge on any atom is 0.335 e. The fourth-order valence-corrected chi connectivity index (χ4v) is 7.19. The van der Waals surface area contributed by atoms with Gasteiger partial charge in [0.05, 0.1) is 29.8 Å². The summed E-state index contributed by atoms with van der Waals surface area (Å²) >= 11 is 0. The predicted octanol–water partition coefficient (Wildman–Crippen LogP) is 9.47. The molecule has 0 radical (unpaired) electrons. The van der Waals surface area contributed by atoms with Gasteiger partial charge in [0.2, 0.25) is 0 Å². The Bertz CT molecular complexity index is 1980. The topological polar surface area (TPSA) is 93.1 Å². The Hall–Kier alpha value is -6.14. The van der Waals surface area contributed by atoms with Crippen LogP contribution in [0, 0.1) is 0 Å². The van der Waals surface area contributed by atoms with Crippen molar-refractivity contribution >= 4 is 11.9 Å². The highest BCUT2D eigenvalue weighted by Gasteiger charge is 2.45. The van der Waals surface area contributed by atoms with Gasteiger partial charge in [0.25, 0.3) is 0 Å². The fourth-order valence-electron chi connectivity index (χ4n) is 7.19. The van der Waals surface area contributed by atoms with E-state index in [2.05, 4.69) is 97.1 Å². The van der Waals surface area contributed by atoms with Crippen LogP contribution in [0.1, 0.15) is 66.9 Å². The van der Waals surface area contributed by atoms with E-state index < -0.39 is 17.4 Å². The van der Waals surface area contributed by atoms with Crippen molar-refractivity contribution in [3.05, 3.63) is 190 Å². The molecule has 6 nitrogen and oxygen atoms in total. The second-order valence-corrected chi connectivity index (χ2v) is 12.8. The van der Waals surface area contributed by atoms with Crippen molar-refractivity contribution in [2.45, 2.75) is 31.1 Å². The summed E-state index contributed by atoms with van der Waals surface area (Å²) in [5.41, 5.74) is 9.42. The highest BCUT2D eigenvalue weighted by molar-refractivity contribution is 5.88. The maximum atomic E-state index is 11.1. The number of carboxylic acid groups (broad SMARTS) is 2. The standard InChI is InChI=1S/C45H38O6/c46-43(47)33-17-13-31(14-18-33)7-5-29-50-37-25-21-35(22-26-37)45(41-11-3-1-9-39(41)40-10-2-4-12-42(40)45)36-23-27-38(28-24-36)51-30-6-8-32-15-19-34(20-16-32)44(48)49/h1-4,9-28H,5-8,29-30H2,(H,46,47)(H,48,49). The van der Waals surface area contributed by atoms with E-state index in [0.29, 0.717) is 24.3 Å². The average Bonchev–Trinajstić information content (AvgIpc) is 3.47. The molecule has 0 aromatic heterocycles. The monoisotopic (exact) mass is 674 g/mol. The zero-order valence-electron chi connectivity index (χ0n) is 28.1. The van der Waals surface area contributed by atoms with Crippen LogP contribution in [0.25, 0.3) is 11.1 Å². The molecule has 0 saturated carbocycles. The highest BCUT2D eigenvalue weighted by atomic mass is 16.5. The van der Waals surface area contributed by atoms with Crippen LogP contribution in [-0.2, 0) is 18.3 Å². The normalized spacial score (nSPS) is 12.5.